The summed E-state index contributed by atoms with van der Waals surface area (Å²) in [5.74, 6) is 0.359. The quantitative estimate of drug-likeness (QED) is 0.856. The highest BCUT2D eigenvalue weighted by atomic mass is 79.9. The Morgan fingerprint density at radius 1 is 1.40 bits per heavy atom. The Kier molecular flexibility index (Phi) is 4.58. The lowest BCUT2D eigenvalue weighted by molar-refractivity contribution is 0.494. The van der Waals surface area contributed by atoms with Crippen molar-refractivity contribution in [1.29, 1.82) is 0 Å². The van der Waals surface area contributed by atoms with Crippen LogP contribution in [0.2, 0.25) is 0 Å². The molecular weight excluding hydrogens is 257 g/mol. The van der Waals surface area contributed by atoms with E-state index in [4.69, 9.17) is 0 Å². The van der Waals surface area contributed by atoms with E-state index in [1.165, 1.54) is 12.1 Å². The first-order valence-corrected chi connectivity index (χ1v) is 6.05. The van der Waals surface area contributed by atoms with Gasteiger partial charge in [0.2, 0.25) is 0 Å². The molecule has 84 valence electrons. The first kappa shape index (κ1) is 12.5. The summed E-state index contributed by atoms with van der Waals surface area (Å²) in [6, 6.07) is 5.03. The molecule has 0 aliphatic carbocycles. The summed E-state index contributed by atoms with van der Waals surface area (Å²) in [6.45, 7) is 6.46. The third-order valence-electron chi connectivity index (χ3n) is 2.81. The Labute approximate surface area is 99.2 Å². The lowest BCUT2D eigenvalue weighted by atomic mass is 10.0. The Hall–Kier alpha value is -0.570. The van der Waals surface area contributed by atoms with Gasteiger partial charge in [0.15, 0.2) is 0 Å². The molecular formula is C12H17BrFN. The van der Waals surface area contributed by atoms with Crippen molar-refractivity contribution in [2.24, 2.45) is 5.92 Å². The number of hydrogen-bond donors (Lipinski definition) is 1. The molecule has 0 aromatic heterocycles. The van der Waals surface area contributed by atoms with Crippen molar-refractivity contribution in [2.75, 3.05) is 5.32 Å². The van der Waals surface area contributed by atoms with Gasteiger partial charge in [-0.1, -0.05) is 20.3 Å². The van der Waals surface area contributed by atoms with Crippen LogP contribution in [-0.4, -0.2) is 6.04 Å². The topological polar surface area (TPSA) is 12.0 Å². The van der Waals surface area contributed by atoms with E-state index < -0.39 is 0 Å². The zero-order valence-electron chi connectivity index (χ0n) is 9.35. The molecule has 2 unspecified atom stereocenters. The fourth-order valence-electron chi connectivity index (χ4n) is 1.35. The second kappa shape index (κ2) is 5.50. The van der Waals surface area contributed by atoms with Crippen molar-refractivity contribution in [3.63, 3.8) is 0 Å². The molecule has 15 heavy (non-hydrogen) atoms. The molecule has 0 bridgehead atoms. The first-order chi connectivity index (χ1) is 7.04. The van der Waals surface area contributed by atoms with E-state index in [2.05, 4.69) is 42.0 Å². The normalized spacial score (nSPS) is 14.7. The lowest BCUT2D eigenvalue weighted by Gasteiger charge is -2.21. The molecule has 1 aromatic rings. The van der Waals surface area contributed by atoms with Gasteiger partial charge in [-0.05, 0) is 47.0 Å². The minimum Gasteiger partial charge on any atom is -0.381 e. The number of nitrogens with one attached hydrogen (secondary N) is 1. The number of halogens is 2. The van der Waals surface area contributed by atoms with Crippen molar-refractivity contribution in [3.05, 3.63) is 28.5 Å². The molecule has 0 fully saturated rings. The maximum atomic E-state index is 13.0. The predicted octanol–water partition coefficient (Wildman–Crippen LogP) is 4.43. The fraction of sp³-hybridized carbons (Fsp3) is 0.500. The molecule has 1 aromatic carbocycles. The van der Waals surface area contributed by atoms with Gasteiger partial charge in [-0.2, -0.15) is 0 Å². The minimum atomic E-state index is -0.211. The standard InChI is InChI=1S/C12H17BrFN/c1-4-8(2)9(3)15-12-7-10(14)5-6-11(12)13/h5-9,15H,4H2,1-3H3. The van der Waals surface area contributed by atoms with Gasteiger partial charge in [0.25, 0.3) is 0 Å². The van der Waals surface area contributed by atoms with Crippen LogP contribution in [0.15, 0.2) is 22.7 Å². The summed E-state index contributed by atoms with van der Waals surface area (Å²) < 4.78 is 13.9. The van der Waals surface area contributed by atoms with Crippen LogP contribution < -0.4 is 5.32 Å². The van der Waals surface area contributed by atoms with E-state index >= 15 is 0 Å². The van der Waals surface area contributed by atoms with Crippen molar-refractivity contribution in [2.45, 2.75) is 33.2 Å². The third-order valence-corrected chi connectivity index (χ3v) is 3.50. The Bertz CT molecular complexity index is 327. The summed E-state index contributed by atoms with van der Waals surface area (Å²) in [6.07, 6.45) is 1.11. The summed E-state index contributed by atoms with van der Waals surface area (Å²) in [5, 5.41) is 3.31. The predicted molar refractivity (Wildman–Crippen MR) is 66.6 cm³/mol. The minimum absolute atomic E-state index is 0.211. The van der Waals surface area contributed by atoms with Crippen LogP contribution in [0.4, 0.5) is 10.1 Å². The molecule has 3 heteroatoms. The van der Waals surface area contributed by atoms with Crippen LogP contribution in [0, 0.1) is 11.7 Å². The smallest absolute Gasteiger partial charge is 0.125 e. The highest BCUT2D eigenvalue weighted by molar-refractivity contribution is 9.10. The van der Waals surface area contributed by atoms with Crippen LogP contribution in [0.1, 0.15) is 27.2 Å². The number of benzene rings is 1. The highest BCUT2D eigenvalue weighted by Crippen LogP contribution is 2.25. The fourth-order valence-corrected chi connectivity index (χ4v) is 1.71. The van der Waals surface area contributed by atoms with Gasteiger partial charge in [0.1, 0.15) is 5.82 Å². The van der Waals surface area contributed by atoms with E-state index in [1.54, 1.807) is 6.07 Å². The zero-order valence-corrected chi connectivity index (χ0v) is 10.9. The molecule has 0 saturated carbocycles. The maximum absolute atomic E-state index is 13.0. The van der Waals surface area contributed by atoms with Crippen molar-refractivity contribution in [3.8, 4) is 0 Å². The van der Waals surface area contributed by atoms with Crippen LogP contribution in [0.3, 0.4) is 0 Å². The molecule has 0 saturated heterocycles. The summed E-state index contributed by atoms with van der Waals surface area (Å²) in [5.41, 5.74) is 0.822. The van der Waals surface area contributed by atoms with E-state index in [1.807, 2.05) is 0 Å². The van der Waals surface area contributed by atoms with Gasteiger partial charge in [-0.15, -0.1) is 0 Å². The summed E-state index contributed by atoms with van der Waals surface area (Å²) >= 11 is 3.40. The Morgan fingerprint density at radius 3 is 2.67 bits per heavy atom. The lowest BCUT2D eigenvalue weighted by Crippen LogP contribution is -2.23. The average molecular weight is 274 g/mol. The van der Waals surface area contributed by atoms with Crippen LogP contribution in [0.5, 0.6) is 0 Å². The molecule has 0 heterocycles. The average Bonchev–Trinajstić information content (AvgIpc) is 2.22. The highest BCUT2D eigenvalue weighted by Gasteiger charge is 2.11. The third kappa shape index (κ3) is 3.49. The first-order valence-electron chi connectivity index (χ1n) is 5.26. The van der Waals surface area contributed by atoms with Crippen LogP contribution in [0.25, 0.3) is 0 Å². The Balaban J connectivity index is 2.75. The largest absolute Gasteiger partial charge is 0.381 e. The molecule has 1 N–H and O–H groups in total. The number of anilines is 1. The zero-order chi connectivity index (χ0) is 11.4. The molecule has 0 aliphatic rings. The monoisotopic (exact) mass is 273 g/mol. The van der Waals surface area contributed by atoms with Crippen LogP contribution >= 0.6 is 15.9 Å². The van der Waals surface area contributed by atoms with Crippen molar-refractivity contribution in [1.82, 2.24) is 0 Å². The van der Waals surface area contributed by atoms with Gasteiger partial charge in [-0.3, -0.25) is 0 Å². The van der Waals surface area contributed by atoms with Gasteiger partial charge < -0.3 is 5.32 Å². The summed E-state index contributed by atoms with van der Waals surface area (Å²) in [7, 11) is 0. The SMILES string of the molecule is CCC(C)C(C)Nc1cc(F)ccc1Br. The van der Waals surface area contributed by atoms with Gasteiger partial charge in [0, 0.05) is 10.5 Å². The van der Waals surface area contributed by atoms with Crippen molar-refractivity contribution < 1.29 is 4.39 Å². The second-order valence-corrected chi connectivity index (χ2v) is 4.80. The van der Waals surface area contributed by atoms with E-state index in [-0.39, 0.29) is 5.82 Å². The number of rotatable bonds is 4. The Morgan fingerprint density at radius 2 is 2.07 bits per heavy atom. The second-order valence-electron chi connectivity index (χ2n) is 3.94. The van der Waals surface area contributed by atoms with Crippen LogP contribution in [-0.2, 0) is 0 Å². The number of hydrogen-bond acceptors (Lipinski definition) is 1. The molecule has 0 amide bonds. The molecule has 0 radical (unpaired) electrons. The molecule has 2 atom stereocenters. The molecule has 0 aliphatic heterocycles. The molecule has 0 spiro atoms. The van der Waals surface area contributed by atoms with E-state index in [0.717, 1.165) is 16.6 Å². The van der Waals surface area contributed by atoms with Gasteiger partial charge in [-0.25, -0.2) is 4.39 Å². The summed E-state index contributed by atoms with van der Waals surface area (Å²) in [4.78, 5) is 0. The van der Waals surface area contributed by atoms with E-state index in [9.17, 15) is 4.39 Å². The van der Waals surface area contributed by atoms with Gasteiger partial charge in [0.05, 0.1) is 5.69 Å². The molecule has 1 rings (SSSR count). The van der Waals surface area contributed by atoms with Gasteiger partial charge >= 0.3 is 0 Å². The van der Waals surface area contributed by atoms with Crippen molar-refractivity contribution >= 4 is 21.6 Å². The van der Waals surface area contributed by atoms with E-state index in [0.29, 0.717) is 12.0 Å². The molecule has 1 nitrogen and oxygen atoms in total. The maximum Gasteiger partial charge on any atom is 0.125 e.